The predicted molar refractivity (Wildman–Crippen MR) is 66.3 cm³/mol. The van der Waals surface area contributed by atoms with Gasteiger partial charge in [0.15, 0.2) is 0 Å². The van der Waals surface area contributed by atoms with Crippen LogP contribution < -0.4 is 4.74 Å². The van der Waals surface area contributed by atoms with Crippen molar-refractivity contribution in [2.45, 2.75) is 6.10 Å². The maximum atomic E-state index is 13.7. The topological polar surface area (TPSA) is 29.5 Å². The third-order valence-corrected chi connectivity index (χ3v) is 3.65. The molecule has 1 aromatic heterocycles. The van der Waals surface area contributed by atoms with Crippen LogP contribution in [0.2, 0.25) is 4.34 Å². The molecule has 2 rings (SSSR count). The van der Waals surface area contributed by atoms with E-state index in [1.165, 1.54) is 30.6 Å². The van der Waals surface area contributed by atoms with E-state index in [1.54, 1.807) is 18.2 Å². The van der Waals surface area contributed by atoms with Crippen molar-refractivity contribution in [2.24, 2.45) is 0 Å². The highest BCUT2D eigenvalue weighted by molar-refractivity contribution is 7.16. The van der Waals surface area contributed by atoms with Crippen LogP contribution >= 0.6 is 22.9 Å². The normalized spacial score (nSPS) is 12.5. The van der Waals surface area contributed by atoms with E-state index in [2.05, 4.69) is 0 Å². The van der Waals surface area contributed by atoms with Gasteiger partial charge in [-0.1, -0.05) is 11.6 Å². The second kappa shape index (κ2) is 5.04. The lowest BCUT2D eigenvalue weighted by molar-refractivity contribution is 0.218. The average molecular weight is 273 g/mol. The quantitative estimate of drug-likeness (QED) is 0.924. The number of aliphatic hydroxyl groups is 1. The van der Waals surface area contributed by atoms with Gasteiger partial charge in [0.1, 0.15) is 17.7 Å². The van der Waals surface area contributed by atoms with Crippen molar-refractivity contribution in [1.82, 2.24) is 0 Å². The van der Waals surface area contributed by atoms with Gasteiger partial charge in [-0.05, 0) is 24.3 Å². The van der Waals surface area contributed by atoms with E-state index in [0.717, 1.165) is 0 Å². The van der Waals surface area contributed by atoms with E-state index in [1.807, 2.05) is 0 Å². The fraction of sp³-hybridized carbons (Fsp3) is 0.167. The Morgan fingerprint density at radius 2 is 2.12 bits per heavy atom. The summed E-state index contributed by atoms with van der Waals surface area (Å²) in [5.74, 6) is -0.0796. The summed E-state index contributed by atoms with van der Waals surface area (Å²) in [6.07, 6.45) is -1.00. The number of benzene rings is 1. The molecule has 0 spiro atoms. The Kier molecular flexibility index (Phi) is 3.66. The fourth-order valence-electron chi connectivity index (χ4n) is 1.49. The Balaban J connectivity index is 2.34. The summed E-state index contributed by atoms with van der Waals surface area (Å²) < 4.78 is 19.2. The molecular formula is C12H10ClFO2S. The number of hydrogen-bond acceptors (Lipinski definition) is 3. The Hall–Kier alpha value is -1.10. The molecule has 1 aromatic carbocycles. The molecule has 2 aromatic rings. The third kappa shape index (κ3) is 2.60. The largest absolute Gasteiger partial charge is 0.497 e. The first kappa shape index (κ1) is 12.4. The number of thiophene rings is 1. The molecule has 90 valence electrons. The van der Waals surface area contributed by atoms with Gasteiger partial charge in [0.2, 0.25) is 0 Å². The lowest BCUT2D eigenvalue weighted by atomic mass is 10.1. The lowest BCUT2D eigenvalue weighted by Crippen LogP contribution is -2.00. The Morgan fingerprint density at radius 1 is 1.35 bits per heavy atom. The van der Waals surface area contributed by atoms with Crippen molar-refractivity contribution in [3.05, 3.63) is 50.9 Å². The van der Waals surface area contributed by atoms with Crippen molar-refractivity contribution in [2.75, 3.05) is 7.11 Å². The van der Waals surface area contributed by atoms with Crippen molar-refractivity contribution < 1.29 is 14.2 Å². The first-order valence-corrected chi connectivity index (χ1v) is 6.08. The molecule has 0 fully saturated rings. The summed E-state index contributed by atoms with van der Waals surface area (Å²) in [7, 11) is 1.46. The molecule has 1 N–H and O–H groups in total. The minimum Gasteiger partial charge on any atom is -0.497 e. The molecule has 0 bridgehead atoms. The second-order valence-corrected chi connectivity index (χ2v) is 5.18. The average Bonchev–Trinajstić information content (AvgIpc) is 2.75. The maximum Gasteiger partial charge on any atom is 0.133 e. The molecule has 0 aliphatic carbocycles. The van der Waals surface area contributed by atoms with Gasteiger partial charge in [-0.25, -0.2) is 4.39 Å². The van der Waals surface area contributed by atoms with Gasteiger partial charge in [-0.3, -0.25) is 0 Å². The first-order chi connectivity index (χ1) is 8.11. The minimum atomic E-state index is -1.00. The van der Waals surface area contributed by atoms with Crippen LogP contribution in [0.4, 0.5) is 4.39 Å². The van der Waals surface area contributed by atoms with Crippen LogP contribution in [0, 0.1) is 5.82 Å². The fourth-order valence-corrected chi connectivity index (χ4v) is 2.55. The molecule has 1 heterocycles. The number of aliphatic hydroxyl groups excluding tert-OH is 1. The van der Waals surface area contributed by atoms with Crippen molar-refractivity contribution in [3.63, 3.8) is 0 Å². The van der Waals surface area contributed by atoms with Gasteiger partial charge in [-0.2, -0.15) is 0 Å². The van der Waals surface area contributed by atoms with Gasteiger partial charge < -0.3 is 9.84 Å². The molecule has 17 heavy (non-hydrogen) atoms. The number of rotatable bonds is 3. The molecule has 0 saturated carbocycles. The Labute approximate surface area is 107 Å². The summed E-state index contributed by atoms with van der Waals surface area (Å²) in [6, 6.07) is 7.71. The number of hydrogen-bond donors (Lipinski definition) is 1. The molecular weight excluding hydrogens is 263 g/mol. The van der Waals surface area contributed by atoms with Gasteiger partial charge in [0, 0.05) is 16.5 Å². The molecule has 0 aliphatic heterocycles. The van der Waals surface area contributed by atoms with Crippen LogP contribution in [0.3, 0.4) is 0 Å². The molecule has 0 amide bonds. The van der Waals surface area contributed by atoms with E-state index in [4.69, 9.17) is 16.3 Å². The molecule has 0 aliphatic rings. The van der Waals surface area contributed by atoms with E-state index in [9.17, 15) is 9.50 Å². The van der Waals surface area contributed by atoms with E-state index in [-0.39, 0.29) is 5.56 Å². The van der Waals surface area contributed by atoms with Crippen molar-refractivity contribution in [1.29, 1.82) is 0 Å². The zero-order chi connectivity index (χ0) is 12.4. The highest BCUT2D eigenvalue weighted by Gasteiger charge is 2.17. The molecule has 0 saturated heterocycles. The first-order valence-electron chi connectivity index (χ1n) is 4.88. The van der Waals surface area contributed by atoms with E-state index in [0.29, 0.717) is 15.0 Å². The standard InChI is InChI=1S/C12H10ClFO2S/c1-16-7-2-3-8(9(14)6-7)12(15)10-4-5-11(13)17-10/h2-6,12,15H,1H3. The predicted octanol–water partition coefficient (Wildman–Crippen LogP) is 3.63. The summed E-state index contributed by atoms with van der Waals surface area (Å²) >= 11 is 7.00. The Morgan fingerprint density at radius 3 is 2.65 bits per heavy atom. The minimum absolute atomic E-state index is 0.212. The van der Waals surface area contributed by atoms with Crippen molar-refractivity contribution >= 4 is 22.9 Å². The zero-order valence-electron chi connectivity index (χ0n) is 8.98. The summed E-state index contributed by atoms with van der Waals surface area (Å²) in [6.45, 7) is 0. The number of ether oxygens (including phenoxy) is 1. The van der Waals surface area contributed by atoms with Gasteiger partial charge in [-0.15, -0.1) is 11.3 Å². The third-order valence-electron chi connectivity index (χ3n) is 2.37. The molecule has 1 atom stereocenters. The highest BCUT2D eigenvalue weighted by atomic mass is 35.5. The van der Waals surface area contributed by atoms with E-state index >= 15 is 0 Å². The second-order valence-electron chi connectivity index (χ2n) is 3.43. The smallest absolute Gasteiger partial charge is 0.133 e. The summed E-state index contributed by atoms with van der Waals surface area (Å²) in [5, 5.41) is 10.0. The van der Waals surface area contributed by atoms with Gasteiger partial charge in [0.25, 0.3) is 0 Å². The zero-order valence-corrected chi connectivity index (χ0v) is 10.6. The highest BCUT2D eigenvalue weighted by Crippen LogP contribution is 2.32. The number of halogens is 2. The number of methoxy groups -OCH3 is 1. The van der Waals surface area contributed by atoms with Crippen LogP contribution in [0.25, 0.3) is 0 Å². The molecule has 5 heteroatoms. The van der Waals surface area contributed by atoms with Crippen molar-refractivity contribution in [3.8, 4) is 5.75 Å². The van der Waals surface area contributed by atoms with Crippen LogP contribution in [0.1, 0.15) is 16.5 Å². The van der Waals surface area contributed by atoms with Gasteiger partial charge in [0.05, 0.1) is 11.4 Å². The maximum absolute atomic E-state index is 13.7. The molecule has 2 nitrogen and oxygen atoms in total. The van der Waals surface area contributed by atoms with Crippen LogP contribution in [-0.2, 0) is 0 Å². The lowest BCUT2D eigenvalue weighted by Gasteiger charge is -2.11. The SMILES string of the molecule is COc1ccc(C(O)c2ccc(Cl)s2)c(F)c1. The van der Waals surface area contributed by atoms with E-state index < -0.39 is 11.9 Å². The van der Waals surface area contributed by atoms with Crippen LogP contribution in [-0.4, -0.2) is 12.2 Å². The van der Waals surface area contributed by atoms with Crippen LogP contribution in [0.5, 0.6) is 5.75 Å². The summed E-state index contributed by atoms with van der Waals surface area (Å²) in [5.41, 5.74) is 0.212. The molecule has 0 radical (unpaired) electrons. The monoisotopic (exact) mass is 272 g/mol. The van der Waals surface area contributed by atoms with Gasteiger partial charge >= 0.3 is 0 Å². The summed E-state index contributed by atoms with van der Waals surface area (Å²) in [4.78, 5) is 0.610. The molecule has 1 unspecified atom stereocenters. The van der Waals surface area contributed by atoms with Crippen LogP contribution in [0.15, 0.2) is 30.3 Å². The Bertz CT molecular complexity index is 527.